The number of carbonyl (C=O) groups is 1. The summed E-state index contributed by atoms with van der Waals surface area (Å²) in [7, 11) is 0. The standard InChI is InChI=1S/C18H28N2O2/c1-3-13(2)16-6-4-5-7-17(16)22-12-18(21)20-15-10-8-14(19)9-11-15/h4-7,13-15H,3,8-12,19H2,1-2H3,(H,20,21). The van der Waals surface area contributed by atoms with E-state index in [-0.39, 0.29) is 18.6 Å². The van der Waals surface area contributed by atoms with Gasteiger partial charge < -0.3 is 15.8 Å². The lowest BCUT2D eigenvalue weighted by molar-refractivity contribution is -0.124. The summed E-state index contributed by atoms with van der Waals surface area (Å²) in [6, 6.07) is 8.52. The summed E-state index contributed by atoms with van der Waals surface area (Å²) in [4.78, 5) is 12.0. The largest absolute Gasteiger partial charge is 0.483 e. The van der Waals surface area contributed by atoms with Crippen molar-refractivity contribution in [1.29, 1.82) is 0 Å². The molecular weight excluding hydrogens is 276 g/mol. The first kappa shape index (κ1) is 16.8. The summed E-state index contributed by atoms with van der Waals surface area (Å²) in [6.45, 7) is 4.41. The van der Waals surface area contributed by atoms with Gasteiger partial charge in [-0.25, -0.2) is 0 Å². The summed E-state index contributed by atoms with van der Waals surface area (Å²) in [5.74, 6) is 1.20. The fraction of sp³-hybridized carbons (Fsp3) is 0.611. The Morgan fingerprint density at radius 1 is 1.32 bits per heavy atom. The number of ether oxygens (including phenoxy) is 1. The molecule has 0 saturated heterocycles. The first-order chi connectivity index (χ1) is 10.6. The van der Waals surface area contributed by atoms with Gasteiger partial charge in [0.2, 0.25) is 0 Å². The third-order valence-corrected chi connectivity index (χ3v) is 4.56. The van der Waals surface area contributed by atoms with Gasteiger partial charge in [0, 0.05) is 12.1 Å². The number of para-hydroxylation sites is 1. The van der Waals surface area contributed by atoms with E-state index in [1.807, 2.05) is 18.2 Å². The highest BCUT2D eigenvalue weighted by molar-refractivity contribution is 5.77. The van der Waals surface area contributed by atoms with Crippen molar-refractivity contribution in [3.8, 4) is 5.75 Å². The lowest BCUT2D eigenvalue weighted by Gasteiger charge is -2.26. The maximum atomic E-state index is 12.0. The summed E-state index contributed by atoms with van der Waals surface area (Å²) >= 11 is 0. The molecule has 1 unspecified atom stereocenters. The summed E-state index contributed by atoms with van der Waals surface area (Å²) < 4.78 is 5.75. The smallest absolute Gasteiger partial charge is 0.258 e. The zero-order chi connectivity index (χ0) is 15.9. The van der Waals surface area contributed by atoms with Crippen LogP contribution in [0.15, 0.2) is 24.3 Å². The van der Waals surface area contributed by atoms with Gasteiger partial charge in [-0.15, -0.1) is 0 Å². The van der Waals surface area contributed by atoms with Crippen molar-refractivity contribution in [2.45, 2.75) is 64.0 Å². The molecule has 22 heavy (non-hydrogen) atoms. The molecule has 0 spiro atoms. The Kier molecular flexibility index (Phi) is 6.25. The molecule has 1 saturated carbocycles. The van der Waals surface area contributed by atoms with Crippen LogP contribution in [-0.4, -0.2) is 24.6 Å². The second kappa shape index (κ2) is 8.18. The molecular formula is C18H28N2O2. The average Bonchev–Trinajstić information content (AvgIpc) is 2.54. The molecule has 1 amide bonds. The van der Waals surface area contributed by atoms with Crippen molar-refractivity contribution >= 4 is 5.91 Å². The van der Waals surface area contributed by atoms with Crippen LogP contribution < -0.4 is 15.8 Å². The van der Waals surface area contributed by atoms with Crippen LogP contribution in [0.4, 0.5) is 0 Å². The van der Waals surface area contributed by atoms with Crippen LogP contribution >= 0.6 is 0 Å². The summed E-state index contributed by atoms with van der Waals surface area (Å²) in [5, 5.41) is 3.05. The van der Waals surface area contributed by atoms with E-state index in [9.17, 15) is 4.79 Å². The first-order valence-electron chi connectivity index (χ1n) is 8.36. The number of benzene rings is 1. The van der Waals surface area contributed by atoms with Gasteiger partial charge in [0.15, 0.2) is 6.61 Å². The van der Waals surface area contributed by atoms with E-state index < -0.39 is 0 Å². The fourth-order valence-electron chi connectivity index (χ4n) is 2.92. The second-order valence-corrected chi connectivity index (χ2v) is 6.32. The maximum absolute atomic E-state index is 12.0. The van der Waals surface area contributed by atoms with Gasteiger partial charge in [-0.05, 0) is 49.7 Å². The van der Waals surface area contributed by atoms with E-state index in [0.29, 0.717) is 12.0 Å². The Hall–Kier alpha value is -1.55. The van der Waals surface area contributed by atoms with E-state index in [4.69, 9.17) is 10.5 Å². The normalized spacial score (nSPS) is 22.9. The molecule has 1 aromatic rings. The molecule has 1 aromatic carbocycles. The number of rotatable bonds is 6. The van der Waals surface area contributed by atoms with Gasteiger partial charge in [-0.1, -0.05) is 32.0 Å². The first-order valence-corrected chi connectivity index (χ1v) is 8.36. The van der Waals surface area contributed by atoms with Crippen molar-refractivity contribution in [1.82, 2.24) is 5.32 Å². The molecule has 0 heterocycles. The second-order valence-electron chi connectivity index (χ2n) is 6.32. The molecule has 1 atom stereocenters. The molecule has 4 heteroatoms. The Bertz CT molecular complexity index is 482. The zero-order valence-corrected chi connectivity index (χ0v) is 13.7. The SMILES string of the molecule is CCC(C)c1ccccc1OCC(=O)NC1CCC(N)CC1. The van der Waals surface area contributed by atoms with E-state index in [1.165, 1.54) is 5.56 Å². The van der Waals surface area contributed by atoms with Gasteiger partial charge in [0.05, 0.1) is 0 Å². The Morgan fingerprint density at radius 3 is 2.68 bits per heavy atom. The van der Waals surface area contributed by atoms with Crippen LogP contribution in [0.5, 0.6) is 5.75 Å². The number of nitrogens with one attached hydrogen (secondary N) is 1. The minimum atomic E-state index is -0.0422. The monoisotopic (exact) mass is 304 g/mol. The summed E-state index contributed by atoms with van der Waals surface area (Å²) in [5.41, 5.74) is 7.05. The number of nitrogens with two attached hydrogens (primary N) is 1. The van der Waals surface area contributed by atoms with Crippen molar-refractivity contribution in [3.05, 3.63) is 29.8 Å². The predicted molar refractivity (Wildman–Crippen MR) is 89.0 cm³/mol. The highest BCUT2D eigenvalue weighted by Crippen LogP contribution is 2.28. The van der Waals surface area contributed by atoms with Crippen LogP contribution in [0, 0.1) is 0 Å². The van der Waals surface area contributed by atoms with Crippen molar-refractivity contribution in [2.24, 2.45) is 5.73 Å². The topological polar surface area (TPSA) is 64.3 Å². The van der Waals surface area contributed by atoms with E-state index in [0.717, 1.165) is 37.9 Å². The van der Waals surface area contributed by atoms with Crippen LogP contribution in [0.1, 0.15) is 57.4 Å². The van der Waals surface area contributed by atoms with Gasteiger partial charge >= 0.3 is 0 Å². The van der Waals surface area contributed by atoms with Crippen LogP contribution in [-0.2, 0) is 4.79 Å². The van der Waals surface area contributed by atoms with Crippen LogP contribution in [0.3, 0.4) is 0 Å². The minimum absolute atomic E-state index is 0.0422. The Labute approximate surface area is 133 Å². The Morgan fingerprint density at radius 2 is 2.00 bits per heavy atom. The minimum Gasteiger partial charge on any atom is -0.483 e. The number of hydrogen-bond acceptors (Lipinski definition) is 3. The third-order valence-electron chi connectivity index (χ3n) is 4.56. The highest BCUT2D eigenvalue weighted by atomic mass is 16.5. The third kappa shape index (κ3) is 4.73. The van der Waals surface area contributed by atoms with Gasteiger partial charge in [-0.3, -0.25) is 4.79 Å². The molecule has 3 N–H and O–H groups in total. The molecule has 0 radical (unpaired) electrons. The van der Waals surface area contributed by atoms with Crippen LogP contribution in [0.2, 0.25) is 0 Å². The lowest BCUT2D eigenvalue weighted by Crippen LogP contribution is -2.42. The van der Waals surface area contributed by atoms with E-state index in [2.05, 4.69) is 25.2 Å². The molecule has 1 aliphatic rings. The average molecular weight is 304 g/mol. The molecule has 2 rings (SSSR count). The highest BCUT2D eigenvalue weighted by Gasteiger charge is 2.20. The van der Waals surface area contributed by atoms with Crippen LogP contribution in [0.25, 0.3) is 0 Å². The molecule has 122 valence electrons. The molecule has 4 nitrogen and oxygen atoms in total. The predicted octanol–water partition coefficient (Wildman–Crippen LogP) is 2.96. The lowest BCUT2D eigenvalue weighted by atomic mass is 9.92. The molecule has 0 aliphatic heterocycles. The van der Waals surface area contributed by atoms with Crippen molar-refractivity contribution in [2.75, 3.05) is 6.61 Å². The van der Waals surface area contributed by atoms with Crippen molar-refractivity contribution in [3.63, 3.8) is 0 Å². The Balaban J connectivity index is 1.84. The number of carbonyl (C=O) groups excluding carboxylic acids is 1. The molecule has 0 bridgehead atoms. The van der Waals surface area contributed by atoms with Crippen molar-refractivity contribution < 1.29 is 9.53 Å². The quantitative estimate of drug-likeness (QED) is 0.849. The van der Waals surface area contributed by atoms with Gasteiger partial charge in [-0.2, -0.15) is 0 Å². The zero-order valence-electron chi connectivity index (χ0n) is 13.7. The molecule has 1 aliphatic carbocycles. The van der Waals surface area contributed by atoms with E-state index in [1.54, 1.807) is 0 Å². The number of amides is 1. The number of hydrogen-bond donors (Lipinski definition) is 2. The fourth-order valence-corrected chi connectivity index (χ4v) is 2.92. The molecule has 0 aromatic heterocycles. The maximum Gasteiger partial charge on any atom is 0.258 e. The summed E-state index contributed by atoms with van der Waals surface area (Å²) in [6.07, 6.45) is 4.97. The molecule has 1 fully saturated rings. The van der Waals surface area contributed by atoms with E-state index >= 15 is 0 Å². The van der Waals surface area contributed by atoms with Gasteiger partial charge in [0.25, 0.3) is 5.91 Å². The van der Waals surface area contributed by atoms with Gasteiger partial charge in [0.1, 0.15) is 5.75 Å².